The molecule has 0 aliphatic rings. The van der Waals surface area contributed by atoms with Gasteiger partial charge in [0.05, 0.1) is 6.61 Å². The van der Waals surface area contributed by atoms with Crippen molar-refractivity contribution in [2.45, 2.75) is 20.8 Å². The summed E-state index contributed by atoms with van der Waals surface area (Å²) in [5, 5.41) is 3.43. The van der Waals surface area contributed by atoms with Crippen molar-refractivity contribution in [3.8, 4) is 5.75 Å². The molecule has 0 unspecified atom stereocenters. The summed E-state index contributed by atoms with van der Waals surface area (Å²) < 4.78 is 5.48. The van der Waals surface area contributed by atoms with Gasteiger partial charge in [-0.2, -0.15) is 0 Å². The Labute approximate surface area is 109 Å². The van der Waals surface area contributed by atoms with Crippen molar-refractivity contribution in [2.75, 3.05) is 11.9 Å². The Morgan fingerprint density at radius 2 is 1.89 bits per heavy atom. The van der Waals surface area contributed by atoms with Crippen LogP contribution in [0.2, 0.25) is 0 Å². The van der Waals surface area contributed by atoms with Crippen LogP contribution in [0.1, 0.15) is 18.1 Å². The molecule has 2 heteroatoms. The van der Waals surface area contributed by atoms with Gasteiger partial charge in [0.2, 0.25) is 0 Å². The van der Waals surface area contributed by atoms with Crippen LogP contribution in [0.25, 0.3) is 0 Å². The first-order chi connectivity index (χ1) is 8.69. The largest absolute Gasteiger partial charge is 0.494 e. The second-order valence-electron chi connectivity index (χ2n) is 4.40. The van der Waals surface area contributed by atoms with Crippen LogP contribution in [0, 0.1) is 13.8 Å². The zero-order valence-electron chi connectivity index (χ0n) is 11.2. The molecule has 0 aliphatic heterocycles. The zero-order chi connectivity index (χ0) is 13.0. The lowest BCUT2D eigenvalue weighted by Crippen LogP contribution is -1.96. The van der Waals surface area contributed by atoms with Gasteiger partial charge in [-0.1, -0.05) is 12.1 Å². The number of rotatable bonds is 4. The summed E-state index contributed by atoms with van der Waals surface area (Å²) >= 11 is 0. The smallest absolute Gasteiger partial charge is 0.119 e. The fourth-order valence-electron chi connectivity index (χ4n) is 1.91. The maximum atomic E-state index is 5.48. The average molecular weight is 241 g/mol. The highest BCUT2D eigenvalue weighted by atomic mass is 16.5. The van der Waals surface area contributed by atoms with Crippen molar-refractivity contribution >= 4 is 11.4 Å². The summed E-state index contributed by atoms with van der Waals surface area (Å²) in [5.74, 6) is 0.921. The molecule has 0 atom stereocenters. The fraction of sp³-hybridized carbons (Fsp3) is 0.250. The Kier molecular flexibility index (Phi) is 3.88. The molecule has 2 aromatic rings. The molecule has 0 aliphatic carbocycles. The minimum atomic E-state index is 0.699. The van der Waals surface area contributed by atoms with Gasteiger partial charge in [0.25, 0.3) is 0 Å². The Balaban J connectivity index is 2.19. The van der Waals surface area contributed by atoms with Crippen LogP contribution in [-0.4, -0.2) is 6.61 Å². The normalized spacial score (nSPS) is 10.2. The molecule has 0 heterocycles. The van der Waals surface area contributed by atoms with Crippen LogP contribution in [0.3, 0.4) is 0 Å². The van der Waals surface area contributed by atoms with Crippen LogP contribution in [0.4, 0.5) is 11.4 Å². The molecular weight excluding hydrogens is 222 g/mol. The zero-order valence-corrected chi connectivity index (χ0v) is 11.2. The molecule has 18 heavy (non-hydrogen) atoms. The number of hydrogen-bond acceptors (Lipinski definition) is 2. The van der Waals surface area contributed by atoms with Crippen LogP contribution < -0.4 is 10.1 Å². The van der Waals surface area contributed by atoms with E-state index in [2.05, 4.69) is 55.6 Å². The third kappa shape index (κ3) is 3.04. The summed E-state index contributed by atoms with van der Waals surface area (Å²) in [4.78, 5) is 0. The van der Waals surface area contributed by atoms with Gasteiger partial charge < -0.3 is 10.1 Å². The monoisotopic (exact) mass is 241 g/mol. The van der Waals surface area contributed by atoms with E-state index in [9.17, 15) is 0 Å². The van der Waals surface area contributed by atoms with Crippen LogP contribution in [0.5, 0.6) is 5.75 Å². The summed E-state index contributed by atoms with van der Waals surface area (Å²) in [6.07, 6.45) is 0. The Hall–Kier alpha value is -1.96. The Bertz CT molecular complexity index is 534. The fourth-order valence-corrected chi connectivity index (χ4v) is 1.91. The maximum Gasteiger partial charge on any atom is 0.119 e. The standard InChI is InChI=1S/C16H19NO/c1-4-18-15-8-9-16(13(3)11-15)17-14-7-5-6-12(2)10-14/h5-11,17H,4H2,1-3H3. The minimum Gasteiger partial charge on any atom is -0.494 e. The number of benzene rings is 2. The molecule has 2 aromatic carbocycles. The molecule has 2 nitrogen and oxygen atoms in total. The van der Waals surface area contributed by atoms with Gasteiger partial charge in [-0.15, -0.1) is 0 Å². The molecule has 0 fully saturated rings. The predicted molar refractivity (Wildman–Crippen MR) is 76.8 cm³/mol. The summed E-state index contributed by atoms with van der Waals surface area (Å²) in [6.45, 7) is 6.87. The van der Waals surface area contributed by atoms with E-state index >= 15 is 0 Å². The third-order valence-electron chi connectivity index (χ3n) is 2.81. The van der Waals surface area contributed by atoms with Gasteiger partial charge >= 0.3 is 0 Å². The van der Waals surface area contributed by atoms with E-state index in [1.54, 1.807) is 0 Å². The first kappa shape index (κ1) is 12.5. The summed E-state index contributed by atoms with van der Waals surface area (Å²) in [5.41, 5.74) is 4.66. The van der Waals surface area contributed by atoms with E-state index in [0.29, 0.717) is 6.61 Å². The van der Waals surface area contributed by atoms with E-state index in [-0.39, 0.29) is 0 Å². The summed E-state index contributed by atoms with van der Waals surface area (Å²) in [6, 6.07) is 14.5. The third-order valence-corrected chi connectivity index (χ3v) is 2.81. The van der Waals surface area contributed by atoms with Crippen LogP contribution in [-0.2, 0) is 0 Å². The quantitative estimate of drug-likeness (QED) is 0.854. The number of anilines is 2. The lowest BCUT2D eigenvalue weighted by molar-refractivity contribution is 0.340. The van der Waals surface area contributed by atoms with E-state index in [0.717, 1.165) is 17.1 Å². The van der Waals surface area contributed by atoms with Gasteiger partial charge in [-0.3, -0.25) is 0 Å². The Morgan fingerprint density at radius 3 is 2.56 bits per heavy atom. The number of nitrogens with one attached hydrogen (secondary N) is 1. The number of hydrogen-bond donors (Lipinski definition) is 1. The lowest BCUT2D eigenvalue weighted by atomic mass is 10.1. The highest BCUT2D eigenvalue weighted by Crippen LogP contribution is 2.25. The first-order valence-electron chi connectivity index (χ1n) is 6.26. The molecular formula is C16H19NO. The van der Waals surface area contributed by atoms with E-state index in [4.69, 9.17) is 4.74 Å². The molecule has 0 aromatic heterocycles. The van der Waals surface area contributed by atoms with Crippen LogP contribution >= 0.6 is 0 Å². The second kappa shape index (κ2) is 5.58. The van der Waals surface area contributed by atoms with Crippen molar-refractivity contribution in [2.24, 2.45) is 0 Å². The molecule has 94 valence electrons. The predicted octanol–water partition coefficient (Wildman–Crippen LogP) is 4.45. The van der Waals surface area contributed by atoms with Gasteiger partial charge in [-0.25, -0.2) is 0 Å². The topological polar surface area (TPSA) is 21.3 Å². The average Bonchev–Trinajstić information content (AvgIpc) is 2.33. The second-order valence-corrected chi connectivity index (χ2v) is 4.40. The van der Waals surface area contributed by atoms with Crippen molar-refractivity contribution in [3.63, 3.8) is 0 Å². The molecule has 0 radical (unpaired) electrons. The maximum absolute atomic E-state index is 5.48. The minimum absolute atomic E-state index is 0.699. The van der Waals surface area contributed by atoms with Gasteiger partial charge in [0, 0.05) is 11.4 Å². The van der Waals surface area contributed by atoms with Gasteiger partial charge in [0.15, 0.2) is 0 Å². The molecule has 2 rings (SSSR count). The lowest BCUT2D eigenvalue weighted by Gasteiger charge is -2.12. The highest BCUT2D eigenvalue weighted by molar-refractivity contribution is 5.64. The van der Waals surface area contributed by atoms with Crippen molar-refractivity contribution in [1.29, 1.82) is 0 Å². The van der Waals surface area contributed by atoms with Gasteiger partial charge in [-0.05, 0) is 62.2 Å². The molecule has 1 N–H and O–H groups in total. The number of ether oxygens (including phenoxy) is 1. The molecule has 0 saturated carbocycles. The van der Waals surface area contributed by atoms with Crippen molar-refractivity contribution in [1.82, 2.24) is 0 Å². The highest BCUT2D eigenvalue weighted by Gasteiger charge is 2.01. The van der Waals surface area contributed by atoms with E-state index in [1.807, 2.05) is 13.0 Å². The number of aryl methyl sites for hydroxylation is 2. The van der Waals surface area contributed by atoms with Crippen molar-refractivity contribution in [3.05, 3.63) is 53.6 Å². The van der Waals surface area contributed by atoms with E-state index in [1.165, 1.54) is 11.1 Å². The Morgan fingerprint density at radius 1 is 1.06 bits per heavy atom. The molecule has 0 spiro atoms. The SMILES string of the molecule is CCOc1ccc(Nc2cccc(C)c2)c(C)c1. The molecule has 0 saturated heterocycles. The molecule has 0 amide bonds. The van der Waals surface area contributed by atoms with Crippen LogP contribution in [0.15, 0.2) is 42.5 Å². The van der Waals surface area contributed by atoms with Crippen molar-refractivity contribution < 1.29 is 4.74 Å². The van der Waals surface area contributed by atoms with Gasteiger partial charge in [0.1, 0.15) is 5.75 Å². The molecule has 0 bridgehead atoms. The first-order valence-corrected chi connectivity index (χ1v) is 6.26. The summed E-state index contributed by atoms with van der Waals surface area (Å²) in [7, 11) is 0. The van der Waals surface area contributed by atoms with E-state index < -0.39 is 0 Å².